The van der Waals surface area contributed by atoms with Crippen molar-refractivity contribution in [3.05, 3.63) is 42.2 Å². The molecule has 0 amide bonds. The van der Waals surface area contributed by atoms with E-state index in [0.29, 0.717) is 6.61 Å². The lowest BCUT2D eigenvalue weighted by Gasteiger charge is -2.14. The van der Waals surface area contributed by atoms with Gasteiger partial charge in [0.1, 0.15) is 0 Å². The van der Waals surface area contributed by atoms with E-state index in [1.807, 2.05) is 31.5 Å². The van der Waals surface area contributed by atoms with Gasteiger partial charge in [0.2, 0.25) is 0 Å². The lowest BCUT2D eigenvalue weighted by molar-refractivity contribution is 0.140. The van der Waals surface area contributed by atoms with Crippen molar-refractivity contribution in [2.24, 2.45) is 5.73 Å². The summed E-state index contributed by atoms with van der Waals surface area (Å²) in [5.74, 6) is 0. The van der Waals surface area contributed by atoms with Crippen LogP contribution >= 0.6 is 0 Å². The lowest BCUT2D eigenvalue weighted by Crippen LogP contribution is -2.13. The van der Waals surface area contributed by atoms with Gasteiger partial charge in [0.15, 0.2) is 0 Å². The van der Waals surface area contributed by atoms with Gasteiger partial charge in [0, 0.05) is 37.0 Å². The van der Waals surface area contributed by atoms with E-state index >= 15 is 0 Å². The molecule has 0 spiro atoms. The van der Waals surface area contributed by atoms with Gasteiger partial charge in [-0.05, 0) is 24.3 Å². The molecule has 90 valence electrons. The zero-order chi connectivity index (χ0) is 12.1. The van der Waals surface area contributed by atoms with Gasteiger partial charge in [0.25, 0.3) is 0 Å². The van der Waals surface area contributed by atoms with Crippen molar-refractivity contribution in [2.75, 3.05) is 13.2 Å². The average molecular weight is 230 g/mol. The topological polar surface area (TPSA) is 48.1 Å². The molecule has 1 aromatic carbocycles. The summed E-state index contributed by atoms with van der Waals surface area (Å²) in [7, 11) is 0. The van der Waals surface area contributed by atoms with Gasteiger partial charge in [-0.1, -0.05) is 24.3 Å². The Bertz CT molecular complexity index is 479. The van der Waals surface area contributed by atoms with E-state index < -0.39 is 0 Å². The quantitative estimate of drug-likeness (QED) is 0.803. The van der Waals surface area contributed by atoms with Crippen molar-refractivity contribution in [3.63, 3.8) is 0 Å². The van der Waals surface area contributed by atoms with E-state index in [1.165, 1.54) is 5.39 Å². The van der Waals surface area contributed by atoms with Crippen LogP contribution in [0.15, 0.2) is 36.7 Å². The van der Waals surface area contributed by atoms with Crippen molar-refractivity contribution in [1.82, 2.24) is 4.98 Å². The second-order valence-electron chi connectivity index (χ2n) is 4.04. The molecule has 0 bridgehead atoms. The van der Waals surface area contributed by atoms with Crippen molar-refractivity contribution >= 4 is 10.8 Å². The second kappa shape index (κ2) is 5.75. The third-order valence-electron chi connectivity index (χ3n) is 2.88. The van der Waals surface area contributed by atoms with Gasteiger partial charge in [-0.3, -0.25) is 4.98 Å². The maximum Gasteiger partial charge on any atom is 0.0483 e. The van der Waals surface area contributed by atoms with Crippen LogP contribution in [-0.2, 0) is 4.74 Å². The van der Waals surface area contributed by atoms with Crippen molar-refractivity contribution < 1.29 is 4.74 Å². The first kappa shape index (κ1) is 12.0. The zero-order valence-corrected chi connectivity index (χ0v) is 10.1. The Hall–Kier alpha value is -1.45. The fourth-order valence-electron chi connectivity index (χ4n) is 1.95. The number of hydrogen-bond donors (Lipinski definition) is 1. The summed E-state index contributed by atoms with van der Waals surface area (Å²) >= 11 is 0. The average Bonchev–Trinajstić information content (AvgIpc) is 2.38. The second-order valence-corrected chi connectivity index (χ2v) is 4.04. The highest BCUT2D eigenvalue weighted by molar-refractivity contribution is 5.84. The number of aromatic nitrogens is 1. The van der Waals surface area contributed by atoms with Gasteiger partial charge in [-0.15, -0.1) is 0 Å². The molecule has 1 aromatic heterocycles. The van der Waals surface area contributed by atoms with Gasteiger partial charge in [-0.2, -0.15) is 0 Å². The summed E-state index contributed by atoms with van der Waals surface area (Å²) in [6, 6.07) is 8.18. The molecule has 2 aromatic rings. The fourth-order valence-corrected chi connectivity index (χ4v) is 1.95. The number of hydrogen-bond acceptors (Lipinski definition) is 3. The highest BCUT2D eigenvalue weighted by Gasteiger charge is 2.09. The summed E-state index contributed by atoms with van der Waals surface area (Å²) < 4.78 is 5.34. The Morgan fingerprint density at radius 3 is 2.94 bits per heavy atom. The van der Waals surface area contributed by atoms with Crippen LogP contribution in [0.25, 0.3) is 10.8 Å². The van der Waals surface area contributed by atoms with E-state index in [2.05, 4.69) is 17.1 Å². The Labute approximate surface area is 102 Å². The van der Waals surface area contributed by atoms with Gasteiger partial charge in [-0.25, -0.2) is 0 Å². The molecule has 0 aliphatic heterocycles. The molecule has 17 heavy (non-hydrogen) atoms. The Morgan fingerprint density at radius 2 is 2.12 bits per heavy atom. The van der Waals surface area contributed by atoms with Crippen molar-refractivity contribution in [3.8, 4) is 0 Å². The summed E-state index contributed by atoms with van der Waals surface area (Å²) in [6.07, 6.45) is 4.55. The number of nitrogens with two attached hydrogens (primary N) is 1. The normalized spacial score (nSPS) is 12.8. The highest BCUT2D eigenvalue weighted by Crippen LogP contribution is 2.23. The molecule has 1 atom stereocenters. The number of ether oxygens (including phenoxy) is 1. The van der Waals surface area contributed by atoms with Crippen LogP contribution in [0.1, 0.15) is 24.9 Å². The van der Waals surface area contributed by atoms with Crippen LogP contribution in [0, 0.1) is 0 Å². The number of fused-ring (bicyclic) bond motifs is 1. The molecular weight excluding hydrogens is 212 g/mol. The summed E-state index contributed by atoms with van der Waals surface area (Å²) in [5, 5.41) is 2.32. The van der Waals surface area contributed by atoms with Crippen LogP contribution < -0.4 is 5.73 Å². The van der Waals surface area contributed by atoms with E-state index in [4.69, 9.17) is 10.5 Å². The molecule has 0 saturated carbocycles. The van der Waals surface area contributed by atoms with E-state index in [9.17, 15) is 0 Å². The van der Waals surface area contributed by atoms with E-state index in [-0.39, 0.29) is 6.04 Å². The lowest BCUT2D eigenvalue weighted by atomic mass is 10.0. The number of benzene rings is 1. The summed E-state index contributed by atoms with van der Waals surface area (Å²) in [4.78, 5) is 4.24. The molecule has 3 nitrogen and oxygen atoms in total. The Kier molecular flexibility index (Phi) is 4.07. The minimum atomic E-state index is -0.0138. The van der Waals surface area contributed by atoms with Crippen molar-refractivity contribution in [1.29, 1.82) is 0 Å². The molecule has 0 aliphatic rings. The molecule has 0 saturated heterocycles. The SMILES string of the molecule is CCOCCC(N)c1cncc2ccccc12. The molecular formula is C14H18N2O. The molecule has 1 heterocycles. The van der Waals surface area contributed by atoms with Crippen LogP contribution in [-0.4, -0.2) is 18.2 Å². The highest BCUT2D eigenvalue weighted by atomic mass is 16.5. The molecule has 0 aliphatic carbocycles. The number of nitrogens with zero attached hydrogens (tertiary/aromatic N) is 1. The first-order chi connectivity index (χ1) is 8.33. The summed E-state index contributed by atoms with van der Waals surface area (Å²) in [6.45, 7) is 3.42. The standard InChI is InChI=1S/C14H18N2O/c1-2-17-8-7-14(15)13-10-16-9-11-5-3-4-6-12(11)13/h3-6,9-10,14H,2,7-8,15H2,1H3. The minimum Gasteiger partial charge on any atom is -0.382 e. The third-order valence-corrected chi connectivity index (χ3v) is 2.88. The first-order valence-corrected chi connectivity index (χ1v) is 5.99. The van der Waals surface area contributed by atoms with Crippen LogP contribution in [0.4, 0.5) is 0 Å². The monoisotopic (exact) mass is 230 g/mol. The molecule has 1 unspecified atom stereocenters. The van der Waals surface area contributed by atoms with Gasteiger partial charge in [0.05, 0.1) is 0 Å². The smallest absolute Gasteiger partial charge is 0.0483 e. The fraction of sp³-hybridized carbons (Fsp3) is 0.357. The first-order valence-electron chi connectivity index (χ1n) is 5.99. The molecule has 3 heteroatoms. The zero-order valence-electron chi connectivity index (χ0n) is 10.1. The van der Waals surface area contributed by atoms with Gasteiger partial charge < -0.3 is 10.5 Å². The molecule has 2 rings (SSSR count). The maximum absolute atomic E-state index is 6.18. The Balaban J connectivity index is 2.22. The number of pyridine rings is 1. The largest absolute Gasteiger partial charge is 0.382 e. The summed E-state index contributed by atoms with van der Waals surface area (Å²) in [5.41, 5.74) is 7.28. The van der Waals surface area contributed by atoms with Crippen LogP contribution in [0.3, 0.4) is 0 Å². The third kappa shape index (κ3) is 2.81. The number of rotatable bonds is 5. The van der Waals surface area contributed by atoms with Crippen LogP contribution in [0.5, 0.6) is 0 Å². The van der Waals surface area contributed by atoms with E-state index in [1.54, 1.807) is 0 Å². The Morgan fingerprint density at radius 1 is 1.29 bits per heavy atom. The van der Waals surface area contributed by atoms with Gasteiger partial charge >= 0.3 is 0 Å². The predicted octanol–water partition coefficient (Wildman–Crippen LogP) is 2.66. The molecule has 0 radical (unpaired) electrons. The predicted molar refractivity (Wildman–Crippen MR) is 69.8 cm³/mol. The maximum atomic E-state index is 6.18. The van der Waals surface area contributed by atoms with Crippen LogP contribution in [0.2, 0.25) is 0 Å². The van der Waals surface area contributed by atoms with E-state index in [0.717, 1.165) is 24.0 Å². The van der Waals surface area contributed by atoms with Crippen molar-refractivity contribution in [2.45, 2.75) is 19.4 Å². The minimum absolute atomic E-state index is 0.0138. The molecule has 2 N–H and O–H groups in total. The molecule has 0 fully saturated rings.